The Bertz CT molecular complexity index is 1340. The number of benzene rings is 1. The van der Waals surface area contributed by atoms with Crippen LogP contribution >= 0.6 is 0 Å². The normalized spacial score (nSPS) is 24.5. The van der Waals surface area contributed by atoms with Crippen molar-refractivity contribution in [3.63, 3.8) is 0 Å². The Kier molecular flexibility index (Phi) is 6.78. The van der Waals surface area contributed by atoms with Gasteiger partial charge < -0.3 is 40.2 Å². The van der Waals surface area contributed by atoms with Crippen LogP contribution in [0.25, 0.3) is 22.3 Å². The number of aliphatic hydroxyl groups excluding tert-OH is 4. The largest absolute Gasteiger partial charge is 0.484 e. The minimum atomic E-state index is -1.62. The number of aromatic nitrogens is 3. The number of ether oxygens (including phenoxy) is 2. The summed E-state index contributed by atoms with van der Waals surface area (Å²) in [5.41, 5.74) is 1.23. The molecule has 4 rings (SSSR count). The lowest BCUT2D eigenvalue weighted by atomic mass is 9.97. The maximum atomic E-state index is 12.4. The number of nitrogens with one attached hydrogen (secondary N) is 2. The van der Waals surface area contributed by atoms with Crippen LogP contribution in [0.2, 0.25) is 0 Å². The van der Waals surface area contributed by atoms with Crippen molar-refractivity contribution >= 4 is 16.9 Å². The highest BCUT2D eigenvalue weighted by atomic mass is 16.6. The van der Waals surface area contributed by atoms with Crippen LogP contribution < -0.4 is 21.3 Å². The van der Waals surface area contributed by atoms with E-state index in [0.717, 1.165) is 4.57 Å². The number of nitrogens with zero attached hydrogens (tertiary/aromatic N) is 2. The number of aliphatic hydroxyl groups is 4. The fourth-order valence-corrected chi connectivity index (χ4v) is 3.97. The van der Waals surface area contributed by atoms with E-state index in [9.17, 15) is 29.7 Å². The number of hydrogen-bond acceptors (Lipinski definition) is 9. The minimum Gasteiger partial charge on any atom is -0.484 e. The number of aryl methyl sites for hydroxylation is 1. The Morgan fingerprint density at radius 1 is 1.11 bits per heavy atom. The Morgan fingerprint density at radius 2 is 1.80 bits per heavy atom. The van der Waals surface area contributed by atoms with Gasteiger partial charge in [-0.25, -0.2) is 4.79 Å². The summed E-state index contributed by atoms with van der Waals surface area (Å²) in [6, 6.07) is 7.00. The summed E-state index contributed by atoms with van der Waals surface area (Å²) in [5, 5.41) is 41.4. The lowest BCUT2D eigenvalue weighted by molar-refractivity contribution is -0.253. The van der Waals surface area contributed by atoms with Crippen LogP contribution in [0.15, 0.2) is 39.9 Å². The molecule has 3 heterocycles. The van der Waals surface area contributed by atoms with E-state index in [1.54, 1.807) is 37.4 Å². The van der Waals surface area contributed by atoms with Crippen molar-refractivity contribution < 1.29 is 34.7 Å². The van der Waals surface area contributed by atoms with Crippen molar-refractivity contribution in [3.05, 3.63) is 51.2 Å². The zero-order valence-corrected chi connectivity index (χ0v) is 18.9. The van der Waals surface area contributed by atoms with E-state index in [1.165, 1.54) is 11.6 Å². The number of rotatable bonds is 6. The highest BCUT2D eigenvalue weighted by molar-refractivity contribution is 5.82. The number of carbonyl (C=O) groups is 1. The van der Waals surface area contributed by atoms with Crippen LogP contribution in [0, 0.1) is 0 Å². The molecule has 5 atom stereocenters. The van der Waals surface area contributed by atoms with Gasteiger partial charge >= 0.3 is 5.69 Å². The zero-order valence-electron chi connectivity index (χ0n) is 18.9. The highest BCUT2D eigenvalue weighted by Crippen LogP contribution is 2.24. The first kappa shape index (κ1) is 24.6. The van der Waals surface area contributed by atoms with E-state index in [2.05, 4.69) is 10.3 Å². The summed E-state index contributed by atoms with van der Waals surface area (Å²) < 4.78 is 12.8. The van der Waals surface area contributed by atoms with Crippen molar-refractivity contribution in [3.8, 4) is 17.0 Å². The molecular weight excluding hydrogens is 464 g/mol. The van der Waals surface area contributed by atoms with E-state index >= 15 is 0 Å². The first-order valence-corrected chi connectivity index (χ1v) is 10.7. The van der Waals surface area contributed by atoms with Crippen molar-refractivity contribution in [2.45, 2.75) is 30.6 Å². The summed E-state index contributed by atoms with van der Waals surface area (Å²) in [6.07, 6.45) is -5.84. The van der Waals surface area contributed by atoms with Gasteiger partial charge in [0.25, 0.3) is 11.5 Å². The van der Waals surface area contributed by atoms with E-state index in [-0.39, 0.29) is 0 Å². The molecule has 13 nitrogen and oxygen atoms in total. The van der Waals surface area contributed by atoms with E-state index in [1.807, 2.05) is 0 Å². The van der Waals surface area contributed by atoms with Crippen molar-refractivity contribution in [1.82, 2.24) is 19.4 Å². The number of aromatic amines is 1. The van der Waals surface area contributed by atoms with Crippen molar-refractivity contribution in [2.75, 3.05) is 13.2 Å². The second-order valence-electron chi connectivity index (χ2n) is 8.28. The summed E-state index contributed by atoms with van der Waals surface area (Å²) in [5.74, 6) is -0.326. The maximum absolute atomic E-state index is 12.4. The Balaban J connectivity index is 1.41. The molecule has 1 unspecified atom stereocenters. The van der Waals surface area contributed by atoms with Crippen LogP contribution in [0.1, 0.15) is 0 Å². The predicted octanol–water partition coefficient (Wildman–Crippen LogP) is -2.47. The Morgan fingerprint density at radius 3 is 2.46 bits per heavy atom. The van der Waals surface area contributed by atoms with Gasteiger partial charge in [-0.3, -0.25) is 18.7 Å². The molecule has 0 saturated carbocycles. The molecule has 1 fully saturated rings. The zero-order chi connectivity index (χ0) is 25.4. The predicted molar refractivity (Wildman–Crippen MR) is 122 cm³/mol. The van der Waals surface area contributed by atoms with E-state index in [0.29, 0.717) is 28.0 Å². The fraction of sp³-hybridized carbons (Fsp3) is 0.409. The number of hydrogen-bond donors (Lipinski definition) is 6. The van der Waals surface area contributed by atoms with Crippen molar-refractivity contribution in [2.24, 2.45) is 14.1 Å². The van der Waals surface area contributed by atoms with Crippen molar-refractivity contribution in [1.29, 1.82) is 0 Å². The minimum absolute atomic E-state index is 0.299. The van der Waals surface area contributed by atoms with Gasteiger partial charge in [0.1, 0.15) is 35.6 Å². The summed E-state index contributed by atoms with van der Waals surface area (Å²) >= 11 is 0. The molecule has 2 aromatic heterocycles. The quantitative estimate of drug-likeness (QED) is 0.218. The lowest BCUT2D eigenvalue weighted by Crippen LogP contribution is -2.64. The molecule has 35 heavy (non-hydrogen) atoms. The third kappa shape index (κ3) is 4.59. The van der Waals surface area contributed by atoms with E-state index in [4.69, 9.17) is 14.6 Å². The molecule has 1 aromatic carbocycles. The van der Waals surface area contributed by atoms with Gasteiger partial charge in [0.05, 0.1) is 12.1 Å². The Labute approximate surface area is 197 Å². The third-order valence-corrected chi connectivity index (χ3v) is 6.01. The molecule has 0 aliphatic carbocycles. The van der Waals surface area contributed by atoms with Gasteiger partial charge in [-0.15, -0.1) is 0 Å². The monoisotopic (exact) mass is 490 g/mol. The van der Waals surface area contributed by atoms with Crippen LogP contribution in [0.4, 0.5) is 0 Å². The molecule has 1 saturated heterocycles. The molecule has 3 aromatic rings. The molecular formula is C22H26N4O9. The summed E-state index contributed by atoms with van der Waals surface area (Å²) in [4.78, 5) is 39.8. The standard InChI is InChI=1S/C22H26N4O9/c1-25-13-7-12(23-16(13)20(31)26(2)22(25)33)10-3-5-11(6-4-10)34-9-15(28)24-17-19(30)18(29)14(8-27)35-21(17)32/h3-7,14,17-19,21,23,27,29-30,32H,8-9H2,1-2H3,(H,24,28)/t14-,17-,18-,19-,21?/m1/s1. The summed E-state index contributed by atoms with van der Waals surface area (Å²) in [6.45, 7) is -1.05. The second kappa shape index (κ2) is 9.64. The van der Waals surface area contributed by atoms with Crippen LogP contribution in [-0.4, -0.2) is 84.3 Å². The number of H-pyrrole nitrogens is 1. The lowest BCUT2D eigenvalue weighted by Gasteiger charge is -2.40. The molecule has 13 heteroatoms. The molecule has 1 amide bonds. The van der Waals surface area contributed by atoms with Gasteiger partial charge in [-0.1, -0.05) is 0 Å². The fourth-order valence-electron chi connectivity index (χ4n) is 3.97. The smallest absolute Gasteiger partial charge is 0.331 e. The van der Waals surface area contributed by atoms with Gasteiger partial charge in [0.15, 0.2) is 12.9 Å². The van der Waals surface area contributed by atoms with Gasteiger partial charge in [0.2, 0.25) is 0 Å². The summed E-state index contributed by atoms with van der Waals surface area (Å²) in [7, 11) is 2.98. The van der Waals surface area contributed by atoms with Gasteiger partial charge in [-0.2, -0.15) is 0 Å². The molecule has 1 aliphatic rings. The SMILES string of the molecule is Cn1c(=O)c2[nH]c(-c3ccc(OCC(=O)N[C@H]4C(O)O[C@H](CO)[C@@H](O)[C@@H]4O)cc3)cc2n(C)c1=O. The number of carbonyl (C=O) groups excluding carboxylic acids is 1. The average molecular weight is 490 g/mol. The molecule has 0 bridgehead atoms. The number of fused-ring (bicyclic) bond motifs is 1. The van der Waals surface area contributed by atoms with Crippen LogP contribution in [0.3, 0.4) is 0 Å². The topological polar surface area (TPSA) is 188 Å². The first-order valence-electron chi connectivity index (χ1n) is 10.7. The van der Waals surface area contributed by atoms with E-state index < -0.39 is 61.0 Å². The average Bonchev–Trinajstić information content (AvgIpc) is 3.31. The highest BCUT2D eigenvalue weighted by Gasteiger charge is 2.44. The Hall–Kier alpha value is -3.49. The van der Waals surface area contributed by atoms with Crippen LogP contribution in [0.5, 0.6) is 5.75 Å². The molecule has 0 radical (unpaired) electrons. The second-order valence-corrected chi connectivity index (χ2v) is 8.28. The third-order valence-electron chi connectivity index (χ3n) is 6.01. The molecule has 188 valence electrons. The van der Waals surface area contributed by atoms with Gasteiger partial charge in [0, 0.05) is 19.8 Å². The molecule has 1 aliphatic heterocycles. The molecule has 6 N–H and O–H groups in total. The van der Waals surface area contributed by atoms with Crippen LogP contribution in [-0.2, 0) is 23.6 Å². The molecule has 0 spiro atoms. The number of amides is 1. The van der Waals surface area contributed by atoms with Gasteiger partial charge in [-0.05, 0) is 35.9 Å². The first-order chi connectivity index (χ1) is 16.6. The maximum Gasteiger partial charge on any atom is 0.331 e.